The molecule has 3 amide bonds. The second-order valence-electron chi connectivity index (χ2n) is 7.00. The fourth-order valence-corrected chi connectivity index (χ4v) is 3.74. The average Bonchev–Trinajstić information content (AvgIpc) is 3.35. The SMILES string of the molecule is Cc1noc(C)c1Cc1n[nH]cc1N1C(=O)NC(CCc2ccccc2Cl)C1=O. The van der Waals surface area contributed by atoms with Gasteiger partial charge < -0.3 is 9.84 Å². The molecule has 150 valence electrons. The average molecular weight is 414 g/mol. The number of amides is 3. The lowest BCUT2D eigenvalue weighted by Gasteiger charge is -2.13. The van der Waals surface area contributed by atoms with Crippen molar-refractivity contribution in [2.75, 3.05) is 4.90 Å². The van der Waals surface area contributed by atoms with E-state index in [2.05, 4.69) is 20.7 Å². The summed E-state index contributed by atoms with van der Waals surface area (Å²) in [6.07, 6.45) is 3.01. The number of hydrogen-bond acceptors (Lipinski definition) is 5. The van der Waals surface area contributed by atoms with Gasteiger partial charge in [0.2, 0.25) is 0 Å². The summed E-state index contributed by atoms with van der Waals surface area (Å²) in [6.45, 7) is 3.66. The lowest BCUT2D eigenvalue weighted by Crippen LogP contribution is -2.32. The molecule has 0 radical (unpaired) electrons. The van der Waals surface area contributed by atoms with Crippen LogP contribution in [0.5, 0.6) is 0 Å². The number of aromatic nitrogens is 3. The van der Waals surface area contributed by atoms with Crippen LogP contribution in [0, 0.1) is 13.8 Å². The van der Waals surface area contributed by atoms with Gasteiger partial charge in [-0.25, -0.2) is 9.69 Å². The molecule has 3 heterocycles. The number of aryl methyl sites for hydroxylation is 3. The number of carbonyl (C=O) groups is 2. The number of aromatic amines is 1. The summed E-state index contributed by atoms with van der Waals surface area (Å²) in [7, 11) is 0. The zero-order chi connectivity index (χ0) is 20.5. The summed E-state index contributed by atoms with van der Waals surface area (Å²) >= 11 is 6.19. The first-order valence-corrected chi connectivity index (χ1v) is 9.65. The Bertz CT molecular complexity index is 1050. The Morgan fingerprint density at radius 3 is 2.76 bits per heavy atom. The maximum atomic E-state index is 12.9. The van der Waals surface area contributed by atoms with Crippen LogP contribution in [0.3, 0.4) is 0 Å². The first kappa shape index (κ1) is 19.2. The quantitative estimate of drug-likeness (QED) is 0.603. The highest BCUT2D eigenvalue weighted by Gasteiger charge is 2.40. The standard InChI is InChI=1S/C20H20ClN5O3/c1-11-14(12(2)29-25-11)9-17-18(10-22-24-17)26-19(27)16(23-20(26)28)8-7-13-5-3-4-6-15(13)21/h3-6,10,16H,7-9H2,1-2H3,(H,22,24)(H,23,28). The number of carbonyl (C=O) groups excluding carboxylic acids is 2. The van der Waals surface area contributed by atoms with Crippen molar-refractivity contribution in [1.29, 1.82) is 0 Å². The maximum Gasteiger partial charge on any atom is 0.329 e. The van der Waals surface area contributed by atoms with Gasteiger partial charge in [0.05, 0.1) is 17.1 Å². The van der Waals surface area contributed by atoms with Crippen molar-refractivity contribution in [3.8, 4) is 0 Å². The van der Waals surface area contributed by atoms with Gasteiger partial charge in [0.25, 0.3) is 5.91 Å². The minimum Gasteiger partial charge on any atom is -0.361 e. The molecular formula is C20H20ClN5O3. The molecule has 0 saturated carbocycles. The van der Waals surface area contributed by atoms with Crippen molar-refractivity contribution in [2.24, 2.45) is 0 Å². The van der Waals surface area contributed by atoms with Crippen LogP contribution in [-0.2, 0) is 17.6 Å². The zero-order valence-corrected chi connectivity index (χ0v) is 16.8. The summed E-state index contributed by atoms with van der Waals surface area (Å²) in [4.78, 5) is 26.6. The van der Waals surface area contributed by atoms with Gasteiger partial charge in [-0.05, 0) is 38.3 Å². The van der Waals surface area contributed by atoms with Gasteiger partial charge in [0.15, 0.2) is 0 Å². The Morgan fingerprint density at radius 1 is 1.24 bits per heavy atom. The summed E-state index contributed by atoms with van der Waals surface area (Å²) in [5.74, 6) is 0.384. The maximum absolute atomic E-state index is 12.9. The smallest absolute Gasteiger partial charge is 0.329 e. The molecule has 1 saturated heterocycles. The molecule has 1 aliphatic heterocycles. The fourth-order valence-electron chi connectivity index (χ4n) is 3.51. The van der Waals surface area contributed by atoms with Crippen LogP contribution >= 0.6 is 11.6 Å². The molecule has 9 heteroatoms. The Balaban J connectivity index is 1.51. The highest BCUT2D eigenvalue weighted by molar-refractivity contribution is 6.31. The number of anilines is 1. The molecule has 29 heavy (non-hydrogen) atoms. The van der Waals surface area contributed by atoms with E-state index in [0.29, 0.717) is 41.4 Å². The van der Waals surface area contributed by atoms with Crippen LogP contribution in [0.2, 0.25) is 5.02 Å². The number of H-pyrrole nitrogens is 1. The van der Waals surface area contributed by atoms with E-state index in [-0.39, 0.29) is 5.91 Å². The van der Waals surface area contributed by atoms with Gasteiger partial charge >= 0.3 is 6.03 Å². The van der Waals surface area contributed by atoms with E-state index >= 15 is 0 Å². The Kier molecular flexibility index (Phi) is 5.10. The van der Waals surface area contributed by atoms with Gasteiger partial charge in [0, 0.05) is 23.2 Å². The lowest BCUT2D eigenvalue weighted by molar-refractivity contribution is -0.118. The number of nitrogens with zero attached hydrogens (tertiary/aromatic N) is 3. The molecule has 1 aromatic carbocycles. The number of halogens is 1. The first-order chi connectivity index (χ1) is 14.0. The van der Waals surface area contributed by atoms with Gasteiger partial charge in [-0.3, -0.25) is 9.89 Å². The molecule has 3 aromatic rings. The summed E-state index contributed by atoms with van der Waals surface area (Å²) < 4.78 is 5.19. The van der Waals surface area contributed by atoms with Crippen molar-refractivity contribution in [2.45, 2.75) is 39.2 Å². The van der Waals surface area contributed by atoms with Gasteiger partial charge in [-0.15, -0.1) is 0 Å². The molecule has 0 aliphatic carbocycles. The van der Waals surface area contributed by atoms with E-state index in [1.54, 1.807) is 6.20 Å². The molecule has 1 unspecified atom stereocenters. The monoisotopic (exact) mass is 413 g/mol. The second-order valence-corrected chi connectivity index (χ2v) is 7.41. The molecule has 1 atom stereocenters. The van der Waals surface area contributed by atoms with Gasteiger partial charge in [-0.1, -0.05) is 35.0 Å². The second kappa shape index (κ2) is 7.71. The van der Waals surface area contributed by atoms with Crippen molar-refractivity contribution in [1.82, 2.24) is 20.7 Å². The lowest BCUT2D eigenvalue weighted by atomic mass is 10.0. The van der Waals surface area contributed by atoms with E-state index < -0.39 is 12.1 Å². The Hall–Kier alpha value is -3.13. The molecule has 8 nitrogen and oxygen atoms in total. The van der Waals surface area contributed by atoms with E-state index in [9.17, 15) is 9.59 Å². The third-order valence-electron chi connectivity index (χ3n) is 5.14. The summed E-state index contributed by atoms with van der Waals surface area (Å²) in [5, 5.41) is 14.3. The largest absolute Gasteiger partial charge is 0.361 e. The number of benzene rings is 1. The molecule has 2 aromatic heterocycles. The van der Waals surface area contributed by atoms with Gasteiger partial charge in [-0.2, -0.15) is 5.10 Å². The summed E-state index contributed by atoms with van der Waals surface area (Å²) in [6, 6.07) is 6.41. The normalized spacial score (nSPS) is 16.5. The predicted octanol–water partition coefficient (Wildman–Crippen LogP) is 3.32. The van der Waals surface area contributed by atoms with Crippen molar-refractivity contribution < 1.29 is 14.1 Å². The molecule has 4 rings (SSSR count). The highest BCUT2D eigenvalue weighted by Crippen LogP contribution is 2.27. The number of urea groups is 1. The minimum atomic E-state index is -0.611. The molecule has 0 bridgehead atoms. The Labute approximate surface area is 172 Å². The third kappa shape index (κ3) is 3.63. The van der Waals surface area contributed by atoms with E-state index in [4.69, 9.17) is 16.1 Å². The van der Waals surface area contributed by atoms with Crippen LogP contribution < -0.4 is 10.2 Å². The van der Waals surface area contributed by atoms with E-state index in [1.807, 2.05) is 38.1 Å². The highest BCUT2D eigenvalue weighted by atomic mass is 35.5. The topological polar surface area (TPSA) is 104 Å². The van der Waals surface area contributed by atoms with Crippen molar-refractivity contribution in [3.63, 3.8) is 0 Å². The van der Waals surface area contributed by atoms with Crippen LogP contribution in [0.15, 0.2) is 35.0 Å². The molecule has 1 aliphatic rings. The zero-order valence-electron chi connectivity index (χ0n) is 16.0. The fraction of sp³-hybridized carbons (Fsp3) is 0.300. The number of hydrogen-bond donors (Lipinski definition) is 2. The molecule has 1 fully saturated rings. The van der Waals surface area contributed by atoms with Crippen LogP contribution in [-0.4, -0.2) is 33.3 Å². The van der Waals surface area contributed by atoms with Crippen molar-refractivity contribution in [3.05, 3.63) is 63.8 Å². The first-order valence-electron chi connectivity index (χ1n) is 9.28. The van der Waals surface area contributed by atoms with E-state index in [0.717, 1.165) is 21.7 Å². The molecular weight excluding hydrogens is 394 g/mol. The number of imide groups is 1. The van der Waals surface area contributed by atoms with Crippen LogP contribution in [0.1, 0.15) is 34.7 Å². The summed E-state index contributed by atoms with van der Waals surface area (Å²) in [5.41, 5.74) is 3.60. The molecule has 0 spiro atoms. The molecule has 2 N–H and O–H groups in total. The Morgan fingerprint density at radius 2 is 2.03 bits per heavy atom. The van der Waals surface area contributed by atoms with Gasteiger partial charge in [0.1, 0.15) is 11.8 Å². The number of nitrogens with one attached hydrogen (secondary N) is 2. The van der Waals surface area contributed by atoms with Crippen molar-refractivity contribution >= 4 is 29.2 Å². The van der Waals surface area contributed by atoms with E-state index in [1.165, 1.54) is 0 Å². The van der Waals surface area contributed by atoms with Crippen LogP contribution in [0.4, 0.5) is 10.5 Å². The minimum absolute atomic E-state index is 0.302. The number of rotatable bonds is 6. The predicted molar refractivity (Wildman–Crippen MR) is 107 cm³/mol. The third-order valence-corrected chi connectivity index (χ3v) is 5.51. The van der Waals surface area contributed by atoms with Crippen LogP contribution in [0.25, 0.3) is 0 Å².